The highest BCUT2D eigenvalue weighted by molar-refractivity contribution is 5.92. The number of aromatic nitrogens is 2. The zero-order chi connectivity index (χ0) is 14.7. The van der Waals surface area contributed by atoms with Crippen LogP contribution in [-0.2, 0) is 6.54 Å². The Balaban J connectivity index is 1.89. The lowest BCUT2D eigenvalue weighted by Gasteiger charge is -2.11. The molecule has 0 unspecified atom stereocenters. The van der Waals surface area contributed by atoms with Crippen molar-refractivity contribution >= 4 is 16.6 Å². The maximum atomic E-state index is 5.26. The highest BCUT2D eigenvalue weighted by atomic mass is 16.5. The molecular weight excluding hydrogens is 262 g/mol. The Bertz CT molecular complexity index is 771. The maximum absolute atomic E-state index is 5.26. The predicted octanol–water partition coefficient (Wildman–Crippen LogP) is 3.56. The number of anilines is 1. The lowest BCUT2D eigenvalue weighted by Crippen LogP contribution is -2.03. The molecule has 2 aromatic heterocycles. The van der Waals surface area contributed by atoms with E-state index in [-0.39, 0.29) is 0 Å². The summed E-state index contributed by atoms with van der Waals surface area (Å²) in [5.41, 5.74) is 2.39. The Morgan fingerprint density at radius 3 is 2.86 bits per heavy atom. The van der Waals surface area contributed by atoms with Gasteiger partial charge in [-0.25, -0.2) is 4.98 Å². The van der Waals surface area contributed by atoms with E-state index in [1.54, 1.807) is 7.11 Å². The van der Waals surface area contributed by atoms with Gasteiger partial charge in [-0.3, -0.25) is 4.98 Å². The fourth-order valence-electron chi connectivity index (χ4n) is 2.30. The standard InChI is InChI=1S/C17H17N3O/c1-12-10-18-7-5-14(12)11-20-17-16-4-3-15(21-2)9-13(16)6-8-19-17/h3-10H,11H2,1-2H3,(H,19,20). The smallest absolute Gasteiger partial charge is 0.134 e. The summed E-state index contributed by atoms with van der Waals surface area (Å²) in [4.78, 5) is 8.55. The summed E-state index contributed by atoms with van der Waals surface area (Å²) in [7, 11) is 1.67. The molecule has 0 aliphatic rings. The summed E-state index contributed by atoms with van der Waals surface area (Å²) in [6, 6.07) is 10.0. The van der Waals surface area contributed by atoms with Gasteiger partial charge in [0.2, 0.25) is 0 Å². The van der Waals surface area contributed by atoms with Crippen LogP contribution in [0.5, 0.6) is 5.75 Å². The van der Waals surface area contributed by atoms with E-state index in [0.29, 0.717) is 0 Å². The van der Waals surface area contributed by atoms with Crippen molar-refractivity contribution in [1.82, 2.24) is 9.97 Å². The lowest BCUT2D eigenvalue weighted by molar-refractivity contribution is 0.415. The van der Waals surface area contributed by atoms with Crippen LogP contribution in [0.2, 0.25) is 0 Å². The molecule has 0 amide bonds. The van der Waals surface area contributed by atoms with Gasteiger partial charge in [-0.2, -0.15) is 0 Å². The van der Waals surface area contributed by atoms with Crippen molar-refractivity contribution in [1.29, 1.82) is 0 Å². The highest BCUT2D eigenvalue weighted by Gasteiger charge is 2.04. The van der Waals surface area contributed by atoms with Gasteiger partial charge in [0.25, 0.3) is 0 Å². The normalized spacial score (nSPS) is 10.6. The average Bonchev–Trinajstić information content (AvgIpc) is 2.53. The van der Waals surface area contributed by atoms with E-state index in [9.17, 15) is 0 Å². The molecule has 0 atom stereocenters. The number of hydrogen-bond donors (Lipinski definition) is 1. The summed E-state index contributed by atoms with van der Waals surface area (Å²) >= 11 is 0. The molecule has 1 N–H and O–H groups in total. The quantitative estimate of drug-likeness (QED) is 0.793. The van der Waals surface area contributed by atoms with E-state index >= 15 is 0 Å². The van der Waals surface area contributed by atoms with Crippen molar-refractivity contribution in [3.63, 3.8) is 0 Å². The van der Waals surface area contributed by atoms with Crippen molar-refractivity contribution in [3.05, 3.63) is 60.0 Å². The number of benzene rings is 1. The third kappa shape index (κ3) is 2.79. The van der Waals surface area contributed by atoms with Crippen molar-refractivity contribution in [2.45, 2.75) is 13.5 Å². The number of nitrogens with one attached hydrogen (secondary N) is 1. The van der Waals surface area contributed by atoms with Crippen LogP contribution in [-0.4, -0.2) is 17.1 Å². The third-order valence-corrected chi connectivity index (χ3v) is 3.55. The van der Waals surface area contributed by atoms with Gasteiger partial charge in [-0.15, -0.1) is 0 Å². The molecule has 0 radical (unpaired) electrons. The zero-order valence-corrected chi connectivity index (χ0v) is 12.1. The number of rotatable bonds is 4. The number of ether oxygens (including phenoxy) is 1. The molecule has 0 fully saturated rings. The van der Waals surface area contributed by atoms with E-state index < -0.39 is 0 Å². The van der Waals surface area contributed by atoms with E-state index in [4.69, 9.17) is 4.74 Å². The van der Waals surface area contributed by atoms with Gasteiger partial charge >= 0.3 is 0 Å². The van der Waals surface area contributed by atoms with Crippen molar-refractivity contribution in [3.8, 4) is 5.75 Å². The van der Waals surface area contributed by atoms with E-state index in [1.807, 2.05) is 48.9 Å². The minimum Gasteiger partial charge on any atom is -0.497 e. The SMILES string of the molecule is COc1ccc2c(NCc3ccncc3C)nccc2c1. The summed E-state index contributed by atoms with van der Waals surface area (Å²) in [5, 5.41) is 5.60. The fourth-order valence-corrected chi connectivity index (χ4v) is 2.30. The molecule has 0 aliphatic heterocycles. The first-order chi connectivity index (χ1) is 10.3. The summed E-state index contributed by atoms with van der Waals surface area (Å²) in [6.45, 7) is 2.79. The van der Waals surface area contributed by atoms with Gasteiger partial charge in [-0.1, -0.05) is 0 Å². The van der Waals surface area contributed by atoms with E-state index in [1.165, 1.54) is 11.1 Å². The molecule has 1 aromatic carbocycles. The molecule has 3 aromatic rings. The maximum Gasteiger partial charge on any atom is 0.134 e. The van der Waals surface area contributed by atoms with Gasteiger partial charge in [0, 0.05) is 30.5 Å². The van der Waals surface area contributed by atoms with Crippen LogP contribution in [0.4, 0.5) is 5.82 Å². The Morgan fingerprint density at radius 1 is 1.14 bits per heavy atom. The first-order valence-electron chi connectivity index (χ1n) is 6.84. The molecule has 4 nitrogen and oxygen atoms in total. The monoisotopic (exact) mass is 279 g/mol. The van der Waals surface area contributed by atoms with Crippen LogP contribution in [0.3, 0.4) is 0 Å². The van der Waals surface area contributed by atoms with E-state index in [0.717, 1.165) is 28.9 Å². The van der Waals surface area contributed by atoms with Crippen LogP contribution >= 0.6 is 0 Å². The van der Waals surface area contributed by atoms with Crippen LogP contribution in [0, 0.1) is 6.92 Å². The first-order valence-corrected chi connectivity index (χ1v) is 6.84. The van der Waals surface area contributed by atoms with Gasteiger partial charge in [0.15, 0.2) is 0 Å². The van der Waals surface area contributed by atoms with Crippen LogP contribution in [0.1, 0.15) is 11.1 Å². The fraction of sp³-hybridized carbons (Fsp3) is 0.176. The number of nitrogens with zero attached hydrogens (tertiary/aromatic N) is 2. The minimum atomic E-state index is 0.729. The summed E-state index contributed by atoms with van der Waals surface area (Å²) < 4.78 is 5.26. The average molecular weight is 279 g/mol. The number of aryl methyl sites for hydroxylation is 1. The van der Waals surface area contributed by atoms with E-state index in [2.05, 4.69) is 22.2 Å². The number of pyridine rings is 2. The predicted molar refractivity (Wildman–Crippen MR) is 84.6 cm³/mol. The lowest BCUT2D eigenvalue weighted by atomic mass is 10.1. The molecule has 0 saturated carbocycles. The van der Waals surface area contributed by atoms with Crippen molar-refractivity contribution < 1.29 is 4.74 Å². The topological polar surface area (TPSA) is 47.0 Å². The van der Waals surface area contributed by atoms with Crippen molar-refractivity contribution in [2.24, 2.45) is 0 Å². The Hall–Kier alpha value is -2.62. The zero-order valence-electron chi connectivity index (χ0n) is 12.1. The Morgan fingerprint density at radius 2 is 2.05 bits per heavy atom. The van der Waals surface area contributed by atoms with Crippen LogP contribution in [0.15, 0.2) is 48.9 Å². The number of methoxy groups -OCH3 is 1. The second-order valence-electron chi connectivity index (χ2n) is 4.90. The van der Waals surface area contributed by atoms with Crippen LogP contribution in [0.25, 0.3) is 10.8 Å². The third-order valence-electron chi connectivity index (χ3n) is 3.55. The first kappa shape index (κ1) is 13.4. The molecular formula is C17H17N3O. The Kier molecular flexibility index (Phi) is 3.69. The molecule has 4 heteroatoms. The summed E-state index contributed by atoms with van der Waals surface area (Å²) in [6.07, 6.45) is 5.49. The van der Waals surface area contributed by atoms with Gasteiger partial charge in [0.05, 0.1) is 7.11 Å². The molecule has 0 bridgehead atoms. The minimum absolute atomic E-state index is 0.729. The molecule has 3 rings (SSSR count). The number of hydrogen-bond acceptors (Lipinski definition) is 4. The van der Waals surface area contributed by atoms with Gasteiger partial charge in [0.1, 0.15) is 11.6 Å². The largest absolute Gasteiger partial charge is 0.497 e. The molecule has 0 saturated heterocycles. The van der Waals surface area contributed by atoms with Gasteiger partial charge < -0.3 is 10.1 Å². The summed E-state index contributed by atoms with van der Waals surface area (Å²) in [5.74, 6) is 1.73. The molecule has 0 spiro atoms. The molecule has 0 aliphatic carbocycles. The second kappa shape index (κ2) is 5.79. The van der Waals surface area contributed by atoms with Crippen molar-refractivity contribution in [2.75, 3.05) is 12.4 Å². The molecule has 21 heavy (non-hydrogen) atoms. The Labute approximate surface area is 123 Å². The van der Waals surface area contributed by atoms with Gasteiger partial charge in [-0.05, 0) is 53.8 Å². The number of fused-ring (bicyclic) bond motifs is 1. The molecule has 2 heterocycles. The second-order valence-corrected chi connectivity index (χ2v) is 4.90. The highest BCUT2D eigenvalue weighted by Crippen LogP contribution is 2.25. The van der Waals surface area contributed by atoms with Crippen LogP contribution < -0.4 is 10.1 Å². The molecule has 106 valence electrons.